The van der Waals surface area contributed by atoms with E-state index in [1.165, 1.54) is 5.56 Å². The first-order valence-corrected chi connectivity index (χ1v) is 6.58. The number of hydrogen-bond donors (Lipinski definition) is 2. The summed E-state index contributed by atoms with van der Waals surface area (Å²) in [7, 11) is 0. The Morgan fingerprint density at radius 2 is 1.94 bits per heavy atom. The number of aromatic amines is 1. The second-order valence-corrected chi connectivity index (χ2v) is 5.27. The highest BCUT2D eigenvalue weighted by molar-refractivity contribution is 5.62. The molecule has 3 rings (SSSR count). The summed E-state index contributed by atoms with van der Waals surface area (Å²) in [6.07, 6.45) is 3.14. The van der Waals surface area contributed by atoms with E-state index in [-0.39, 0.29) is 5.54 Å². The lowest BCUT2D eigenvalue weighted by Gasteiger charge is -2.02. The van der Waals surface area contributed by atoms with E-state index >= 15 is 0 Å². The third-order valence-corrected chi connectivity index (χ3v) is 3.78. The molecule has 18 heavy (non-hydrogen) atoms. The van der Waals surface area contributed by atoms with E-state index in [9.17, 15) is 0 Å². The smallest absolute Gasteiger partial charge is 0.127 e. The van der Waals surface area contributed by atoms with Gasteiger partial charge in [0.05, 0.1) is 11.2 Å². The normalized spacial score (nSPS) is 16.8. The first-order chi connectivity index (χ1) is 8.62. The van der Waals surface area contributed by atoms with E-state index in [4.69, 9.17) is 5.73 Å². The van der Waals surface area contributed by atoms with E-state index < -0.39 is 0 Å². The first kappa shape index (κ1) is 11.5. The Labute approximate surface area is 107 Å². The van der Waals surface area contributed by atoms with Crippen LogP contribution in [0.5, 0.6) is 0 Å². The van der Waals surface area contributed by atoms with Crippen LogP contribution in [0.25, 0.3) is 11.3 Å². The summed E-state index contributed by atoms with van der Waals surface area (Å²) in [6, 6.07) is 8.61. The number of nitrogens with two attached hydrogens (primary N) is 1. The van der Waals surface area contributed by atoms with Crippen LogP contribution in [0, 0.1) is 6.92 Å². The molecule has 1 aromatic heterocycles. The summed E-state index contributed by atoms with van der Waals surface area (Å²) in [6.45, 7) is 4.23. The van der Waals surface area contributed by atoms with Crippen molar-refractivity contribution in [2.24, 2.45) is 5.73 Å². The Morgan fingerprint density at radius 1 is 1.28 bits per heavy atom. The zero-order valence-electron chi connectivity index (χ0n) is 11.0. The van der Waals surface area contributed by atoms with Gasteiger partial charge in [-0.3, -0.25) is 0 Å². The molecule has 0 radical (unpaired) electrons. The molecule has 0 unspecified atom stereocenters. The second-order valence-electron chi connectivity index (χ2n) is 5.27. The molecule has 3 nitrogen and oxygen atoms in total. The molecule has 94 valence electrons. The van der Waals surface area contributed by atoms with Crippen LogP contribution in [-0.4, -0.2) is 9.97 Å². The minimum Gasteiger partial charge on any atom is -0.344 e. The predicted molar refractivity (Wildman–Crippen MR) is 73.2 cm³/mol. The van der Waals surface area contributed by atoms with E-state index in [1.54, 1.807) is 0 Å². The third kappa shape index (κ3) is 1.85. The number of nitrogens with one attached hydrogen (secondary N) is 1. The SMILES string of the molecule is CCc1ccc(-c2nc(C3(N)CC3)[nH]c2C)cc1. The van der Waals surface area contributed by atoms with Gasteiger partial charge in [0.25, 0.3) is 0 Å². The highest BCUT2D eigenvalue weighted by Crippen LogP contribution is 2.42. The zero-order valence-corrected chi connectivity index (χ0v) is 11.0. The van der Waals surface area contributed by atoms with E-state index in [1.807, 2.05) is 0 Å². The van der Waals surface area contributed by atoms with Crippen LogP contribution in [0.4, 0.5) is 0 Å². The number of benzene rings is 1. The van der Waals surface area contributed by atoms with Crippen molar-refractivity contribution in [3.8, 4) is 11.3 Å². The van der Waals surface area contributed by atoms with Crippen molar-refractivity contribution in [2.75, 3.05) is 0 Å². The molecule has 1 heterocycles. The molecule has 3 heteroatoms. The quantitative estimate of drug-likeness (QED) is 0.868. The van der Waals surface area contributed by atoms with Gasteiger partial charge in [0, 0.05) is 11.3 Å². The molecule has 0 bridgehead atoms. The minimum absolute atomic E-state index is 0.188. The number of rotatable bonds is 3. The van der Waals surface area contributed by atoms with Crippen molar-refractivity contribution < 1.29 is 0 Å². The lowest BCUT2D eigenvalue weighted by atomic mass is 10.1. The van der Waals surface area contributed by atoms with Gasteiger partial charge in [0.1, 0.15) is 5.82 Å². The van der Waals surface area contributed by atoms with Gasteiger partial charge in [-0.1, -0.05) is 31.2 Å². The molecular weight excluding hydrogens is 222 g/mol. The summed E-state index contributed by atoms with van der Waals surface area (Å²) < 4.78 is 0. The summed E-state index contributed by atoms with van der Waals surface area (Å²) in [5.41, 5.74) is 10.6. The van der Waals surface area contributed by atoms with Crippen molar-refractivity contribution in [1.82, 2.24) is 9.97 Å². The Kier molecular flexibility index (Phi) is 2.52. The average molecular weight is 241 g/mol. The maximum absolute atomic E-state index is 6.18. The van der Waals surface area contributed by atoms with Gasteiger partial charge in [-0.15, -0.1) is 0 Å². The molecule has 0 saturated heterocycles. The van der Waals surface area contributed by atoms with E-state index in [0.717, 1.165) is 42.0 Å². The van der Waals surface area contributed by atoms with Crippen LogP contribution in [0.15, 0.2) is 24.3 Å². The molecule has 1 aliphatic carbocycles. The predicted octanol–water partition coefficient (Wildman–Crippen LogP) is 2.90. The molecule has 3 N–H and O–H groups in total. The highest BCUT2D eigenvalue weighted by Gasteiger charge is 2.43. The van der Waals surface area contributed by atoms with Crippen LogP contribution >= 0.6 is 0 Å². The van der Waals surface area contributed by atoms with Gasteiger partial charge in [-0.25, -0.2) is 4.98 Å². The van der Waals surface area contributed by atoms with Crippen LogP contribution in [0.1, 0.15) is 36.8 Å². The van der Waals surface area contributed by atoms with Gasteiger partial charge in [-0.05, 0) is 31.7 Å². The number of aromatic nitrogens is 2. The summed E-state index contributed by atoms with van der Waals surface area (Å²) in [4.78, 5) is 8.03. The first-order valence-electron chi connectivity index (χ1n) is 6.58. The van der Waals surface area contributed by atoms with Gasteiger partial charge < -0.3 is 10.7 Å². The fourth-order valence-electron chi connectivity index (χ4n) is 2.25. The second kappa shape index (κ2) is 3.95. The third-order valence-electron chi connectivity index (χ3n) is 3.78. The fourth-order valence-corrected chi connectivity index (χ4v) is 2.25. The van der Waals surface area contributed by atoms with Gasteiger partial charge in [0.15, 0.2) is 0 Å². The maximum atomic E-state index is 6.18. The molecule has 1 fully saturated rings. The number of hydrogen-bond acceptors (Lipinski definition) is 2. The van der Waals surface area contributed by atoms with Crippen LogP contribution in [0.2, 0.25) is 0 Å². The zero-order chi connectivity index (χ0) is 12.8. The molecule has 1 saturated carbocycles. The molecule has 2 aromatic rings. The van der Waals surface area contributed by atoms with Crippen LogP contribution in [-0.2, 0) is 12.0 Å². The molecule has 0 amide bonds. The van der Waals surface area contributed by atoms with Gasteiger partial charge in [-0.2, -0.15) is 0 Å². The van der Waals surface area contributed by atoms with E-state index in [0.29, 0.717) is 0 Å². The molecule has 1 aromatic carbocycles. The van der Waals surface area contributed by atoms with Crippen molar-refractivity contribution in [1.29, 1.82) is 0 Å². The van der Waals surface area contributed by atoms with Crippen molar-refractivity contribution in [3.05, 3.63) is 41.3 Å². The van der Waals surface area contributed by atoms with Crippen LogP contribution < -0.4 is 5.73 Å². The number of nitrogens with zero attached hydrogens (tertiary/aromatic N) is 1. The van der Waals surface area contributed by atoms with Crippen molar-refractivity contribution in [2.45, 2.75) is 38.6 Å². The standard InChI is InChI=1S/C15H19N3/c1-3-11-4-6-12(7-5-11)13-10(2)17-14(18-13)15(16)8-9-15/h4-7H,3,8-9,16H2,1-2H3,(H,17,18). The summed E-state index contributed by atoms with van der Waals surface area (Å²) >= 11 is 0. The number of imidazole rings is 1. The summed E-state index contributed by atoms with van der Waals surface area (Å²) in [5.74, 6) is 0.939. The lowest BCUT2D eigenvalue weighted by molar-refractivity contribution is 0.684. The molecular formula is C15H19N3. The minimum atomic E-state index is -0.188. The molecule has 0 aliphatic heterocycles. The molecule has 0 spiro atoms. The maximum Gasteiger partial charge on any atom is 0.127 e. The Morgan fingerprint density at radius 3 is 2.50 bits per heavy atom. The number of aryl methyl sites for hydroxylation is 2. The van der Waals surface area contributed by atoms with Crippen molar-refractivity contribution >= 4 is 0 Å². The lowest BCUT2D eigenvalue weighted by Crippen LogP contribution is -2.20. The van der Waals surface area contributed by atoms with Crippen LogP contribution in [0.3, 0.4) is 0 Å². The van der Waals surface area contributed by atoms with Crippen molar-refractivity contribution in [3.63, 3.8) is 0 Å². The monoisotopic (exact) mass is 241 g/mol. The highest BCUT2D eigenvalue weighted by atomic mass is 15.0. The Balaban J connectivity index is 1.97. The molecule has 0 atom stereocenters. The van der Waals surface area contributed by atoms with E-state index in [2.05, 4.69) is 48.1 Å². The molecule has 1 aliphatic rings. The largest absolute Gasteiger partial charge is 0.344 e. The van der Waals surface area contributed by atoms with Gasteiger partial charge in [0.2, 0.25) is 0 Å². The topological polar surface area (TPSA) is 54.7 Å². The van der Waals surface area contributed by atoms with Gasteiger partial charge >= 0.3 is 0 Å². The fraction of sp³-hybridized carbons (Fsp3) is 0.400. The Bertz CT molecular complexity index is 562. The Hall–Kier alpha value is -1.61. The number of H-pyrrole nitrogens is 1. The summed E-state index contributed by atoms with van der Waals surface area (Å²) in [5, 5.41) is 0. The average Bonchev–Trinajstić information content (AvgIpc) is 3.01.